The van der Waals surface area contributed by atoms with Crippen molar-refractivity contribution in [2.75, 3.05) is 18.4 Å². The molecule has 1 aliphatic rings. The van der Waals surface area contributed by atoms with Crippen LogP contribution < -0.4 is 10.6 Å². The van der Waals surface area contributed by atoms with Gasteiger partial charge in [0.2, 0.25) is 5.91 Å². The van der Waals surface area contributed by atoms with Gasteiger partial charge in [-0.3, -0.25) is 4.79 Å². The number of carbonyl (C=O) groups excluding carboxylic acids is 1. The van der Waals surface area contributed by atoms with Crippen molar-refractivity contribution in [3.8, 4) is 5.75 Å². The monoisotopic (exact) mass is 437 g/mol. The van der Waals surface area contributed by atoms with Crippen LogP contribution in [0.2, 0.25) is 0 Å². The number of phenolic OH excluding ortho intramolecular Hbond substituents is 1. The molecule has 0 spiro atoms. The van der Waals surface area contributed by atoms with Gasteiger partial charge < -0.3 is 20.3 Å². The maximum Gasteiger partial charge on any atom is 0.224 e. The first-order chi connectivity index (χ1) is 15.2. The minimum Gasteiger partial charge on any atom is -0.508 e. The smallest absolute Gasteiger partial charge is 0.224 e. The number of amides is 1. The van der Waals surface area contributed by atoms with Gasteiger partial charge in [0.15, 0.2) is 0 Å². The minimum absolute atomic E-state index is 0.0254. The van der Waals surface area contributed by atoms with E-state index in [1.54, 1.807) is 36.0 Å². The van der Waals surface area contributed by atoms with Gasteiger partial charge in [-0.25, -0.2) is 0 Å². The van der Waals surface area contributed by atoms with Crippen molar-refractivity contribution in [1.29, 1.82) is 0 Å². The molecule has 3 aromatic rings. The molecule has 2 atom stereocenters. The Balaban J connectivity index is 1.31. The van der Waals surface area contributed by atoms with Crippen molar-refractivity contribution in [2.45, 2.75) is 29.9 Å². The van der Waals surface area contributed by atoms with E-state index in [9.17, 15) is 9.90 Å². The highest BCUT2D eigenvalue weighted by Gasteiger charge is 2.28. The van der Waals surface area contributed by atoms with Gasteiger partial charge in [0, 0.05) is 29.1 Å². The number of carbonyl (C=O) groups is 1. The van der Waals surface area contributed by atoms with Crippen LogP contribution >= 0.6 is 11.8 Å². The summed E-state index contributed by atoms with van der Waals surface area (Å²) in [5.41, 5.74) is 1.56. The van der Waals surface area contributed by atoms with Crippen LogP contribution in [0, 0.1) is 11.8 Å². The summed E-state index contributed by atoms with van der Waals surface area (Å²) in [6.45, 7) is 1.78. The van der Waals surface area contributed by atoms with E-state index in [-0.39, 0.29) is 17.6 Å². The number of benzene rings is 2. The summed E-state index contributed by atoms with van der Waals surface area (Å²) in [6, 6.07) is 18.9. The zero-order chi connectivity index (χ0) is 21.5. The molecule has 1 amide bonds. The molecule has 1 fully saturated rings. The second-order valence-corrected chi connectivity index (χ2v) is 8.95. The average molecular weight is 438 g/mol. The number of rotatable bonds is 8. The van der Waals surface area contributed by atoms with Gasteiger partial charge in [-0.2, -0.15) is 0 Å². The highest BCUT2D eigenvalue weighted by molar-refractivity contribution is 7.98. The Morgan fingerprint density at radius 3 is 2.87 bits per heavy atom. The molecule has 7 heteroatoms. The number of nitrogens with one attached hydrogen (secondary N) is 2. The molecule has 0 radical (unpaired) electrons. The number of phenols is 1. The lowest BCUT2D eigenvalue weighted by molar-refractivity contribution is -0.117. The molecule has 4 rings (SSSR count). The number of piperidine rings is 1. The van der Waals surface area contributed by atoms with E-state index in [1.165, 1.54) is 4.90 Å². The Labute approximate surface area is 186 Å². The molecular formula is C24H27N3O3S. The lowest BCUT2D eigenvalue weighted by Gasteiger charge is -2.31. The predicted octanol–water partition coefficient (Wildman–Crippen LogP) is 4.47. The third-order valence-corrected chi connectivity index (χ3v) is 6.58. The first-order valence-corrected chi connectivity index (χ1v) is 11.6. The molecule has 2 heterocycles. The van der Waals surface area contributed by atoms with E-state index in [1.807, 2.05) is 24.3 Å². The van der Waals surface area contributed by atoms with Gasteiger partial charge in [0.05, 0.1) is 11.4 Å². The van der Waals surface area contributed by atoms with Crippen molar-refractivity contribution in [1.82, 2.24) is 10.5 Å². The Hall–Kier alpha value is -2.77. The summed E-state index contributed by atoms with van der Waals surface area (Å²) in [6.07, 6.45) is 2.19. The topological polar surface area (TPSA) is 87.4 Å². The highest BCUT2D eigenvalue weighted by atomic mass is 32.2. The molecule has 1 saturated heterocycles. The normalized spacial score (nSPS) is 18.6. The number of thioether (sulfide) groups is 1. The maximum absolute atomic E-state index is 12.6. The van der Waals surface area contributed by atoms with E-state index >= 15 is 0 Å². The van der Waals surface area contributed by atoms with E-state index in [4.69, 9.17) is 4.52 Å². The van der Waals surface area contributed by atoms with Crippen molar-refractivity contribution in [3.63, 3.8) is 0 Å². The summed E-state index contributed by atoms with van der Waals surface area (Å²) in [5, 5.41) is 20.2. The second kappa shape index (κ2) is 10.5. The van der Waals surface area contributed by atoms with Crippen LogP contribution in [0.4, 0.5) is 5.69 Å². The predicted molar refractivity (Wildman–Crippen MR) is 122 cm³/mol. The van der Waals surface area contributed by atoms with Crippen LogP contribution in [-0.2, 0) is 17.0 Å². The van der Waals surface area contributed by atoms with Crippen LogP contribution in [0.1, 0.15) is 24.3 Å². The summed E-state index contributed by atoms with van der Waals surface area (Å²) in [4.78, 5) is 13.8. The number of anilines is 1. The molecule has 0 aliphatic carbocycles. The Morgan fingerprint density at radius 1 is 1.16 bits per heavy atom. The van der Waals surface area contributed by atoms with Crippen molar-refractivity contribution in [3.05, 3.63) is 72.1 Å². The molecule has 3 N–H and O–H groups in total. The second-order valence-electron chi connectivity index (χ2n) is 7.91. The fourth-order valence-corrected chi connectivity index (χ4v) is 4.77. The quantitative estimate of drug-likeness (QED) is 0.451. The molecule has 2 aromatic carbocycles. The molecule has 0 saturated carbocycles. The van der Waals surface area contributed by atoms with Crippen LogP contribution in [0.15, 0.2) is 70.1 Å². The zero-order valence-corrected chi connectivity index (χ0v) is 18.1. The van der Waals surface area contributed by atoms with Crippen molar-refractivity contribution < 1.29 is 14.4 Å². The van der Waals surface area contributed by atoms with E-state index in [0.29, 0.717) is 18.0 Å². The first-order valence-electron chi connectivity index (χ1n) is 10.6. The average Bonchev–Trinajstić information content (AvgIpc) is 3.22. The van der Waals surface area contributed by atoms with Gasteiger partial charge in [-0.05, 0) is 62.0 Å². The first kappa shape index (κ1) is 21.5. The number of aromatic hydroxyl groups is 1. The maximum atomic E-state index is 12.6. The van der Waals surface area contributed by atoms with E-state index < -0.39 is 0 Å². The summed E-state index contributed by atoms with van der Waals surface area (Å²) >= 11 is 1.73. The fraction of sp³-hybridized carbons (Fsp3) is 0.333. The van der Waals surface area contributed by atoms with Gasteiger partial charge in [-0.15, -0.1) is 11.8 Å². The van der Waals surface area contributed by atoms with E-state index in [0.717, 1.165) is 43.1 Å². The van der Waals surface area contributed by atoms with Gasteiger partial charge in [0.1, 0.15) is 11.5 Å². The summed E-state index contributed by atoms with van der Waals surface area (Å²) < 4.78 is 5.54. The van der Waals surface area contributed by atoms with Gasteiger partial charge in [0.25, 0.3) is 0 Å². The van der Waals surface area contributed by atoms with Crippen LogP contribution in [0.5, 0.6) is 5.75 Å². The van der Waals surface area contributed by atoms with Crippen LogP contribution in [0.3, 0.4) is 0 Å². The van der Waals surface area contributed by atoms with Crippen molar-refractivity contribution >= 4 is 23.4 Å². The molecule has 0 bridgehead atoms. The Morgan fingerprint density at radius 2 is 2.03 bits per heavy atom. The largest absolute Gasteiger partial charge is 0.508 e. The highest BCUT2D eigenvalue weighted by Crippen LogP contribution is 2.28. The molecule has 1 aromatic heterocycles. The summed E-state index contributed by atoms with van der Waals surface area (Å²) in [7, 11) is 0. The van der Waals surface area contributed by atoms with Crippen LogP contribution in [-0.4, -0.2) is 29.3 Å². The number of aromatic nitrogens is 1. The number of hydrogen-bond acceptors (Lipinski definition) is 6. The molecule has 162 valence electrons. The van der Waals surface area contributed by atoms with Crippen molar-refractivity contribution in [2.24, 2.45) is 11.8 Å². The molecular weight excluding hydrogens is 410 g/mol. The standard InChI is InChI=1S/C24H27N3O3S/c28-21-6-4-5-19(13-21)26-24(29)12-17-9-10-25-15-18(17)11-20-14-22(30-27-20)16-31-23-7-2-1-3-8-23/h1-8,13-14,17-18,25,28H,9-12,15-16H2,(H,26,29). The fourth-order valence-electron chi connectivity index (χ4n) is 3.98. The lowest BCUT2D eigenvalue weighted by Crippen LogP contribution is -2.39. The number of nitrogens with zero attached hydrogens (tertiary/aromatic N) is 1. The SMILES string of the molecule is O=C(CC1CCNCC1Cc1cc(CSc2ccccc2)on1)Nc1cccc(O)c1. The van der Waals surface area contributed by atoms with Gasteiger partial charge in [-0.1, -0.05) is 29.4 Å². The third-order valence-electron chi connectivity index (χ3n) is 5.55. The molecule has 6 nitrogen and oxygen atoms in total. The molecule has 1 aliphatic heterocycles. The van der Waals surface area contributed by atoms with Crippen LogP contribution in [0.25, 0.3) is 0 Å². The molecule has 2 unspecified atom stereocenters. The molecule has 31 heavy (non-hydrogen) atoms. The van der Waals surface area contributed by atoms with Gasteiger partial charge >= 0.3 is 0 Å². The third kappa shape index (κ3) is 6.35. The van der Waals surface area contributed by atoms with E-state index in [2.05, 4.69) is 27.9 Å². The zero-order valence-electron chi connectivity index (χ0n) is 17.3. The minimum atomic E-state index is -0.0254. The Kier molecular flexibility index (Phi) is 7.27. The summed E-state index contributed by atoms with van der Waals surface area (Å²) in [5.74, 6) is 2.33. The Bertz CT molecular complexity index is 992. The lowest BCUT2D eigenvalue weighted by atomic mass is 9.81. The number of hydrogen-bond donors (Lipinski definition) is 3.